The van der Waals surface area contributed by atoms with E-state index in [2.05, 4.69) is 40.3 Å². The first-order chi connectivity index (χ1) is 8.79. The molecule has 0 aromatic carbocycles. The quantitative estimate of drug-likeness (QED) is 0.827. The summed E-state index contributed by atoms with van der Waals surface area (Å²) in [6, 6.07) is 4.85. The standard InChI is InChI=1S/C14H22BrNOS/c1-2-16-12(13-8-9-14(15)18-13)7-6-11-5-3-4-10-17-11/h8-9,11-12,16H,2-7,10H2,1H3. The lowest BCUT2D eigenvalue weighted by Crippen LogP contribution is -2.24. The number of ether oxygens (including phenoxy) is 1. The van der Waals surface area contributed by atoms with Crippen molar-refractivity contribution in [1.29, 1.82) is 0 Å². The van der Waals surface area contributed by atoms with Crippen molar-refractivity contribution in [3.63, 3.8) is 0 Å². The van der Waals surface area contributed by atoms with E-state index in [-0.39, 0.29) is 0 Å². The molecule has 1 saturated heterocycles. The van der Waals surface area contributed by atoms with Crippen LogP contribution < -0.4 is 5.32 Å². The van der Waals surface area contributed by atoms with Crippen molar-refractivity contribution < 1.29 is 4.74 Å². The van der Waals surface area contributed by atoms with Crippen LogP contribution in [-0.2, 0) is 4.74 Å². The molecule has 2 unspecified atom stereocenters. The van der Waals surface area contributed by atoms with E-state index >= 15 is 0 Å². The molecule has 1 fully saturated rings. The van der Waals surface area contributed by atoms with E-state index in [9.17, 15) is 0 Å². The van der Waals surface area contributed by atoms with Crippen LogP contribution in [0.2, 0.25) is 0 Å². The molecule has 0 bridgehead atoms. The predicted molar refractivity (Wildman–Crippen MR) is 81.3 cm³/mol. The van der Waals surface area contributed by atoms with Gasteiger partial charge in [0.15, 0.2) is 0 Å². The Labute approximate surface area is 122 Å². The van der Waals surface area contributed by atoms with Gasteiger partial charge >= 0.3 is 0 Å². The van der Waals surface area contributed by atoms with Gasteiger partial charge in [0.25, 0.3) is 0 Å². The Morgan fingerprint density at radius 3 is 3.00 bits per heavy atom. The Bertz CT molecular complexity index is 349. The third-order valence-electron chi connectivity index (χ3n) is 3.44. The lowest BCUT2D eigenvalue weighted by Gasteiger charge is -2.25. The van der Waals surface area contributed by atoms with E-state index in [0.29, 0.717) is 12.1 Å². The molecule has 0 aliphatic carbocycles. The van der Waals surface area contributed by atoms with Gasteiger partial charge in [0.05, 0.1) is 9.89 Å². The largest absolute Gasteiger partial charge is 0.378 e. The maximum atomic E-state index is 5.81. The first-order valence-electron chi connectivity index (χ1n) is 6.90. The molecule has 2 heterocycles. The highest BCUT2D eigenvalue weighted by molar-refractivity contribution is 9.11. The van der Waals surface area contributed by atoms with E-state index < -0.39 is 0 Å². The Morgan fingerprint density at radius 2 is 2.39 bits per heavy atom. The number of rotatable bonds is 6. The minimum Gasteiger partial charge on any atom is -0.378 e. The third kappa shape index (κ3) is 4.34. The zero-order chi connectivity index (χ0) is 12.8. The second-order valence-corrected chi connectivity index (χ2v) is 7.31. The minimum atomic E-state index is 0.483. The first kappa shape index (κ1) is 14.5. The first-order valence-corrected chi connectivity index (χ1v) is 8.50. The van der Waals surface area contributed by atoms with Gasteiger partial charge in [-0.2, -0.15) is 0 Å². The van der Waals surface area contributed by atoms with E-state index in [1.165, 1.54) is 40.8 Å². The van der Waals surface area contributed by atoms with E-state index in [1.54, 1.807) is 0 Å². The summed E-state index contributed by atoms with van der Waals surface area (Å²) in [5.74, 6) is 0. The minimum absolute atomic E-state index is 0.483. The van der Waals surface area contributed by atoms with E-state index in [1.807, 2.05) is 11.3 Å². The number of nitrogens with one attached hydrogen (secondary N) is 1. The molecule has 1 aliphatic rings. The van der Waals surface area contributed by atoms with Gasteiger partial charge in [-0.15, -0.1) is 11.3 Å². The van der Waals surface area contributed by atoms with Gasteiger partial charge in [0, 0.05) is 17.5 Å². The molecule has 18 heavy (non-hydrogen) atoms. The van der Waals surface area contributed by atoms with Crippen LogP contribution >= 0.6 is 27.3 Å². The monoisotopic (exact) mass is 331 g/mol. The molecule has 0 spiro atoms. The Balaban J connectivity index is 1.85. The molecule has 102 valence electrons. The summed E-state index contributed by atoms with van der Waals surface area (Å²) >= 11 is 5.38. The molecule has 0 amide bonds. The van der Waals surface area contributed by atoms with Crippen LogP contribution in [0.4, 0.5) is 0 Å². The van der Waals surface area contributed by atoms with Crippen molar-refractivity contribution in [3.05, 3.63) is 20.8 Å². The smallest absolute Gasteiger partial charge is 0.0701 e. The van der Waals surface area contributed by atoms with Crippen molar-refractivity contribution in [2.45, 2.75) is 51.2 Å². The van der Waals surface area contributed by atoms with Gasteiger partial charge in [-0.3, -0.25) is 0 Å². The zero-order valence-corrected chi connectivity index (χ0v) is 13.4. The molecule has 1 N–H and O–H groups in total. The summed E-state index contributed by atoms with van der Waals surface area (Å²) in [5, 5.41) is 3.59. The summed E-state index contributed by atoms with van der Waals surface area (Å²) in [5.41, 5.74) is 0. The van der Waals surface area contributed by atoms with Crippen LogP contribution in [-0.4, -0.2) is 19.3 Å². The molecule has 1 aliphatic heterocycles. The Morgan fingerprint density at radius 1 is 1.50 bits per heavy atom. The molecule has 0 radical (unpaired) electrons. The van der Waals surface area contributed by atoms with Crippen molar-refractivity contribution >= 4 is 27.3 Å². The lowest BCUT2D eigenvalue weighted by molar-refractivity contribution is 0.00862. The van der Waals surface area contributed by atoms with Gasteiger partial charge in [0.1, 0.15) is 0 Å². The summed E-state index contributed by atoms with van der Waals surface area (Å²) < 4.78 is 7.03. The second-order valence-electron chi connectivity index (χ2n) is 4.82. The van der Waals surface area contributed by atoms with Gasteiger partial charge < -0.3 is 10.1 Å². The number of hydrogen-bond acceptors (Lipinski definition) is 3. The highest BCUT2D eigenvalue weighted by Crippen LogP contribution is 2.31. The average Bonchev–Trinajstić information content (AvgIpc) is 2.82. The summed E-state index contributed by atoms with van der Waals surface area (Å²) in [4.78, 5) is 1.43. The highest BCUT2D eigenvalue weighted by Gasteiger charge is 2.18. The molecule has 0 saturated carbocycles. The second kappa shape index (κ2) is 7.63. The van der Waals surface area contributed by atoms with Crippen LogP contribution in [0.5, 0.6) is 0 Å². The number of halogens is 1. The van der Waals surface area contributed by atoms with Gasteiger partial charge in [0.2, 0.25) is 0 Å². The Kier molecular flexibility index (Phi) is 6.15. The summed E-state index contributed by atoms with van der Waals surface area (Å²) in [6.45, 7) is 4.15. The topological polar surface area (TPSA) is 21.3 Å². The van der Waals surface area contributed by atoms with E-state index in [4.69, 9.17) is 4.74 Å². The van der Waals surface area contributed by atoms with Crippen molar-refractivity contribution in [2.75, 3.05) is 13.2 Å². The zero-order valence-electron chi connectivity index (χ0n) is 11.0. The fourth-order valence-corrected chi connectivity index (χ4v) is 4.03. The van der Waals surface area contributed by atoms with Crippen molar-refractivity contribution in [3.8, 4) is 0 Å². The summed E-state index contributed by atoms with van der Waals surface area (Å²) in [7, 11) is 0. The van der Waals surface area contributed by atoms with E-state index in [0.717, 1.165) is 13.2 Å². The SMILES string of the molecule is CCNC(CCC1CCCCO1)c1ccc(Br)s1. The Hall–Kier alpha value is 0.1000. The highest BCUT2D eigenvalue weighted by atomic mass is 79.9. The maximum Gasteiger partial charge on any atom is 0.0701 e. The molecule has 2 rings (SSSR count). The van der Waals surface area contributed by atoms with Crippen LogP contribution in [0.1, 0.15) is 49.9 Å². The van der Waals surface area contributed by atoms with Gasteiger partial charge in [-0.25, -0.2) is 0 Å². The fraction of sp³-hybridized carbons (Fsp3) is 0.714. The van der Waals surface area contributed by atoms with Crippen LogP contribution in [0.15, 0.2) is 15.9 Å². The van der Waals surface area contributed by atoms with Gasteiger partial charge in [-0.1, -0.05) is 6.92 Å². The molecular formula is C14H22BrNOS. The number of hydrogen-bond donors (Lipinski definition) is 1. The number of thiophene rings is 1. The van der Waals surface area contributed by atoms with Gasteiger partial charge in [-0.05, 0) is 66.7 Å². The van der Waals surface area contributed by atoms with Crippen LogP contribution in [0.3, 0.4) is 0 Å². The average molecular weight is 332 g/mol. The van der Waals surface area contributed by atoms with Crippen LogP contribution in [0, 0.1) is 0 Å². The van der Waals surface area contributed by atoms with Crippen LogP contribution in [0.25, 0.3) is 0 Å². The maximum absolute atomic E-state index is 5.81. The summed E-state index contributed by atoms with van der Waals surface area (Å²) in [6.07, 6.45) is 6.65. The molecule has 2 atom stereocenters. The fourth-order valence-electron chi connectivity index (χ4n) is 2.49. The molecule has 1 aromatic heterocycles. The predicted octanol–water partition coefficient (Wildman–Crippen LogP) is 4.51. The molecule has 2 nitrogen and oxygen atoms in total. The molecular weight excluding hydrogens is 310 g/mol. The normalized spacial score (nSPS) is 22.0. The third-order valence-corrected chi connectivity index (χ3v) is 5.18. The van der Waals surface area contributed by atoms with Crippen molar-refractivity contribution in [1.82, 2.24) is 5.32 Å². The lowest BCUT2D eigenvalue weighted by atomic mass is 10.0. The van der Waals surface area contributed by atoms with Crippen molar-refractivity contribution in [2.24, 2.45) is 0 Å². The molecule has 4 heteroatoms. The molecule has 1 aromatic rings.